The van der Waals surface area contributed by atoms with Crippen LogP contribution < -0.4 is 20.5 Å². The lowest BCUT2D eigenvalue weighted by molar-refractivity contribution is -0.117. The molecule has 1 fully saturated rings. The molecule has 196 valence electrons. The summed E-state index contributed by atoms with van der Waals surface area (Å²) in [4.78, 5) is 20.7. The number of rotatable bonds is 9. The zero-order valence-electron chi connectivity index (χ0n) is 21.1. The molecular weight excluding hydrogens is 480 g/mol. The second-order valence-corrected chi connectivity index (χ2v) is 11.6. The first-order chi connectivity index (χ1) is 17.1. The van der Waals surface area contributed by atoms with Crippen molar-refractivity contribution >= 4 is 27.7 Å². The Morgan fingerprint density at radius 3 is 2.56 bits per heavy atom. The molecule has 1 aromatic heterocycles. The molecule has 0 bridgehead atoms. The molecule has 2 aliphatic rings. The summed E-state index contributed by atoms with van der Waals surface area (Å²) in [6.07, 6.45) is 7.23. The average molecular weight is 517 g/mol. The first kappa shape index (κ1) is 26.3. The van der Waals surface area contributed by atoms with E-state index in [9.17, 15) is 18.3 Å². The van der Waals surface area contributed by atoms with Crippen molar-refractivity contribution in [3.05, 3.63) is 41.6 Å². The second-order valence-electron chi connectivity index (χ2n) is 9.92. The van der Waals surface area contributed by atoms with Gasteiger partial charge in [-0.15, -0.1) is 0 Å². The molecule has 2 heterocycles. The highest BCUT2D eigenvalue weighted by atomic mass is 32.2. The third-order valence-electron chi connectivity index (χ3n) is 7.01. The molecule has 1 amide bonds. The zero-order chi connectivity index (χ0) is 25.9. The number of aromatic nitrogens is 2. The number of nitrogens with zero attached hydrogens (tertiary/aromatic N) is 3. The van der Waals surface area contributed by atoms with Gasteiger partial charge in [0.05, 0.1) is 16.5 Å². The minimum absolute atomic E-state index is 0.0209. The second kappa shape index (κ2) is 10.7. The maximum absolute atomic E-state index is 12.4. The van der Waals surface area contributed by atoms with Crippen LogP contribution in [0.4, 0.5) is 11.8 Å². The average Bonchev–Trinajstić information content (AvgIpc) is 3.12. The minimum atomic E-state index is -3.92. The maximum atomic E-state index is 12.4. The van der Waals surface area contributed by atoms with Crippen LogP contribution in [0.5, 0.6) is 0 Å². The molecular formula is C25H36N6O4S. The van der Waals surface area contributed by atoms with Gasteiger partial charge >= 0.3 is 0 Å². The van der Waals surface area contributed by atoms with Crippen LogP contribution in [0.15, 0.2) is 35.4 Å². The topological polar surface area (TPSA) is 137 Å². The van der Waals surface area contributed by atoms with Crippen LogP contribution >= 0.6 is 0 Å². The molecule has 4 N–H and O–H groups in total. The number of benzene rings is 1. The molecule has 1 saturated carbocycles. The van der Waals surface area contributed by atoms with E-state index >= 15 is 0 Å². The van der Waals surface area contributed by atoms with E-state index < -0.39 is 21.5 Å². The first-order valence-corrected chi connectivity index (χ1v) is 14.1. The van der Waals surface area contributed by atoms with E-state index in [0.29, 0.717) is 11.9 Å². The van der Waals surface area contributed by atoms with Gasteiger partial charge in [0.15, 0.2) is 5.82 Å². The number of aliphatic hydroxyl groups is 1. The Morgan fingerprint density at radius 2 is 1.92 bits per heavy atom. The lowest BCUT2D eigenvalue weighted by atomic mass is 9.87. The fourth-order valence-electron chi connectivity index (χ4n) is 4.93. The van der Waals surface area contributed by atoms with E-state index in [4.69, 9.17) is 4.98 Å². The lowest BCUT2D eigenvalue weighted by Crippen LogP contribution is -2.47. The largest absolute Gasteiger partial charge is 0.393 e. The summed E-state index contributed by atoms with van der Waals surface area (Å²) in [5.41, 5.74) is 4.68. The number of sulfonamides is 1. The monoisotopic (exact) mass is 516 g/mol. The Kier molecular flexibility index (Phi) is 7.82. The van der Waals surface area contributed by atoms with Gasteiger partial charge in [-0.25, -0.2) is 23.5 Å². The highest BCUT2D eigenvalue weighted by Crippen LogP contribution is 2.41. The van der Waals surface area contributed by atoms with E-state index in [-0.39, 0.29) is 11.0 Å². The quantitative estimate of drug-likeness (QED) is 0.371. The minimum Gasteiger partial charge on any atom is -0.393 e. The molecule has 2 aromatic rings. The van der Waals surface area contributed by atoms with E-state index in [1.165, 1.54) is 19.1 Å². The van der Waals surface area contributed by atoms with Gasteiger partial charge in [-0.3, -0.25) is 9.80 Å². The third-order valence-corrected chi connectivity index (χ3v) is 8.46. The van der Waals surface area contributed by atoms with E-state index in [0.717, 1.165) is 68.6 Å². The molecule has 1 aliphatic heterocycles. The smallest absolute Gasteiger partial charge is 0.264 e. The fourth-order valence-corrected chi connectivity index (χ4v) is 5.92. The van der Waals surface area contributed by atoms with Crippen LogP contribution in [0, 0.1) is 5.92 Å². The summed E-state index contributed by atoms with van der Waals surface area (Å²) in [5.74, 6) is 1.16. The molecule has 10 nitrogen and oxygen atoms in total. The van der Waals surface area contributed by atoms with E-state index in [1.54, 1.807) is 12.1 Å². The van der Waals surface area contributed by atoms with Crippen LogP contribution in [0.3, 0.4) is 0 Å². The molecule has 11 heteroatoms. The fraction of sp³-hybridized carbons (Fsp3) is 0.560. The molecule has 0 spiro atoms. The van der Waals surface area contributed by atoms with Crippen LogP contribution in [0.25, 0.3) is 0 Å². The molecule has 4 rings (SSSR count). The summed E-state index contributed by atoms with van der Waals surface area (Å²) in [7, 11) is -3.92. The SMILES string of the molecule is CCCCNc1ncc2c(n1)N(CC1CCC(O)CC1)NC2(C)c1ccc(S(=O)(=O)NC(C)=O)cc1. The van der Waals surface area contributed by atoms with Crippen LogP contribution in [-0.4, -0.2) is 48.6 Å². The van der Waals surface area contributed by atoms with Crippen LogP contribution in [-0.2, 0) is 20.4 Å². The van der Waals surface area contributed by atoms with Gasteiger partial charge < -0.3 is 10.4 Å². The number of hydrazine groups is 1. The van der Waals surface area contributed by atoms with Crippen molar-refractivity contribution in [3.63, 3.8) is 0 Å². The van der Waals surface area contributed by atoms with Crippen molar-refractivity contribution in [2.24, 2.45) is 5.92 Å². The number of amides is 1. The number of anilines is 2. The highest BCUT2D eigenvalue weighted by Gasteiger charge is 2.42. The van der Waals surface area contributed by atoms with Crippen molar-refractivity contribution in [3.8, 4) is 0 Å². The van der Waals surface area contributed by atoms with E-state index in [1.807, 2.05) is 17.8 Å². The van der Waals surface area contributed by atoms with Crippen molar-refractivity contribution in [1.29, 1.82) is 0 Å². The lowest BCUT2D eigenvalue weighted by Gasteiger charge is -2.32. The summed E-state index contributed by atoms with van der Waals surface area (Å²) >= 11 is 0. The number of aliphatic hydroxyl groups excluding tert-OH is 1. The summed E-state index contributed by atoms with van der Waals surface area (Å²) in [6, 6.07) is 6.50. The van der Waals surface area contributed by atoms with Gasteiger partial charge in [-0.1, -0.05) is 25.5 Å². The van der Waals surface area contributed by atoms with Crippen molar-refractivity contribution in [2.75, 3.05) is 23.4 Å². The van der Waals surface area contributed by atoms with Gasteiger partial charge in [0, 0.05) is 31.8 Å². The summed E-state index contributed by atoms with van der Waals surface area (Å²) in [6.45, 7) is 6.87. The van der Waals surface area contributed by atoms with Gasteiger partial charge in [-0.2, -0.15) is 4.98 Å². The van der Waals surface area contributed by atoms with Crippen molar-refractivity contribution < 1.29 is 18.3 Å². The number of unbranched alkanes of at least 4 members (excludes halogenated alkanes) is 1. The Labute approximate surface area is 212 Å². The van der Waals surface area contributed by atoms with Gasteiger partial charge in [0.25, 0.3) is 10.0 Å². The van der Waals surface area contributed by atoms with Gasteiger partial charge in [0.2, 0.25) is 11.9 Å². The molecule has 0 radical (unpaired) electrons. The highest BCUT2D eigenvalue weighted by molar-refractivity contribution is 7.90. The standard InChI is InChI=1S/C25H36N6O4S/c1-4-5-14-26-24-27-15-22-23(28-24)31(16-18-6-10-20(33)11-7-18)30-25(22,3)19-8-12-21(13-9-19)36(34,35)29-17(2)32/h8-9,12-13,15,18,20,30,33H,4-7,10-11,14,16H2,1-3H3,(H,29,32)(H,26,27,28). The molecule has 0 saturated heterocycles. The third kappa shape index (κ3) is 5.63. The Bertz CT molecular complexity index is 1180. The Hall–Kier alpha value is -2.76. The molecule has 36 heavy (non-hydrogen) atoms. The Morgan fingerprint density at radius 1 is 1.22 bits per heavy atom. The predicted octanol–water partition coefficient (Wildman–Crippen LogP) is 2.65. The number of fused-ring (bicyclic) bond motifs is 1. The number of hydrogen-bond acceptors (Lipinski definition) is 9. The normalized spacial score (nSPS) is 23.8. The molecule has 1 atom stereocenters. The molecule has 1 aliphatic carbocycles. The molecule has 1 unspecified atom stereocenters. The van der Waals surface area contributed by atoms with Crippen molar-refractivity contribution in [2.45, 2.75) is 75.8 Å². The van der Waals surface area contributed by atoms with E-state index in [2.05, 4.69) is 27.7 Å². The predicted molar refractivity (Wildman–Crippen MR) is 138 cm³/mol. The number of nitrogens with one attached hydrogen (secondary N) is 3. The number of carbonyl (C=O) groups is 1. The number of carbonyl (C=O) groups excluding carboxylic acids is 1. The van der Waals surface area contributed by atoms with Crippen LogP contribution in [0.1, 0.15) is 70.4 Å². The van der Waals surface area contributed by atoms with Gasteiger partial charge in [-0.05, 0) is 62.6 Å². The van der Waals surface area contributed by atoms with Gasteiger partial charge in [0.1, 0.15) is 0 Å². The van der Waals surface area contributed by atoms with Crippen molar-refractivity contribution in [1.82, 2.24) is 20.1 Å². The molecule has 1 aromatic carbocycles. The Balaban J connectivity index is 1.64. The number of hydrogen-bond donors (Lipinski definition) is 4. The first-order valence-electron chi connectivity index (χ1n) is 12.6. The summed E-state index contributed by atoms with van der Waals surface area (Å²) < 4.78 is 26.8. The van der Waals surface area contributed by atoms with Crippen LogP contribution in [0.2, 0.25) is 0 Å². The summed E-state index contributed by atoms with van der Waals surface area (Å²) in [5, 5.41) is 15.3. The maximum Gasteiger partial charge on any atom is 0.264 e. The zero-order valence-corrected chi connectivity index (χ0v) is 21.9.